The quantitative estimate of drug-likeness (QED) is 0.450. The summed E-state index contributed by atoms with van der Waals surface area (Å²) in [5, 5.41) is 0. The van der Waals surface area contributed by atoms with Crippen LogP contribution >= 0.6 is 0 Å². The van der Waals surface area contributed by atoms with Crippen molar-refractivity contribution in [3.8, 4) is 0 Å². The lowest BCUT2D eigenvalue weighted by molar-refractivity contribution is -0.177. The molecule has 1 saturated carbocycles. The molecule has 1 saturated heterocycles. The second kappa shape index (κ2) is 5.04. The Morgan fingerprint density at radius 3 is 2.30 bits per heavy atom. The zero-order chi connectivity index (χ0) is 15.0. The number of carbonyl (C=O) groups is 3. The van der Waals surface area contributed by atoms with Gasteiger partial charge in [-0.15, -0.1) is 0 Å². The fraction of sp³-hybridized carbons (Fsp3) is 0.667. The first kappa shape index (κ1) is 14.8. The summed E-state index contributed by atoms with van der Waals surface area (Å²) in [7, 11) is 0. The highest BCUT2D eigenvalue weighted by atomic mass is 16.6. The number of Topliss-reactive ketones (excluding diaryl/α,β-unsaturated/α-hetero) is 1. The van der Waals surface area contributed by atoms with Gasteiger partial charge in [-0.2, -0.15) is 0 Å². The minimum atomic E-state index is -0.782. The Bertz CT molecular complexity index is 451. The molecule has 1 aliphatic heterocycles. The van der Waals surface area contributed by atoms with Gasteiger partial charge in [-0.1, -0.05) is 13.5 Å². The van der Waals surface area contributed by atoms with Crippen LogP contribution in [0, 0.1) is 0 Å². The monoisotopic (exact) mass is 280 g/mol. The Kier molecular flexibility index (Phi) is 3.71. The molecule has 0 unspecified atom stereocenters. The van der Waals surface area contributed by atoms with E-state index in [1.807, 2.05) is 6.92 Å². The van der Waals surface area contributed by atoms with Crippen LogP contribution in [-0.2, 0) is 23.9 Å². The molecule has 0 amide bonds. The van der Waals surface area contributed by atoms with Gasteiger partial charge in [-0.3, -0.25) is 4.79 Å². The molecule has 0 N–H and O–H groups in total. The van der Waals surface area contributed by atoms with Crippen molar-refractivity contribution in [3.05, 3.63) is 12.2 Å². The molecule has 2 aliphatic rings. The molecule has 0 bridgehead atoms. The predicted octanol–water partition coefficient (Wildman–Crippen LogP) is 2.08. The first-order chi connectivity index (χ1) is 9.31. The number of ketones is 1. The molecule has 1 spiro atoms. The third kappa shape index (κ3) is 2.62. The van der Waals surface area contributed by atoms with E-state index >= 15 is 0 Å². The van der Waals surface area contributed by atoms with Crippen LogP contribution in [0.2, 0.25) is 0 Å². The normalized spacial score (nSPS) is 33.1. The summed E-state index contributed by atoms with van der Waals surface area (Å²) in [6, 6.07) is 0. The molecule has 0 atom stereocenters. The van der Waals surface area contributed by atoms with Crippen molar-refractivity contribution in [2.24, 2.45) is 0 Å². The third-order valence-electron chi connectivity index (χ3n) is 4.45. The molecule has 0 aromatic carbocycles. The molecule has 5 heteroatoms. The van der Waals surface area contributed by atoms with Crippen molar-refractivity contribution in [2.75, 3.05) is 0 Å². The lowest BCUT2D eigenvalue weighted by atomic mass is 9.73. The van der Waals surface area contributed by atoms with Gasteiger partial charge in [0.15, 0.2) is 0 Å². The number of hydrogen-bond donors (Lipinski definition) is 0. The summed E-state index contributed by atoms with van der Waals surface area (Å²) in [4.78, 5) is 34.1. The SMILES string of the molecule is C=C1CC2(CCC(CC)(OC(=O)C(C)=O)CC2)OC1=O. The van der Waals surface area contributed by atoms with Crippen molar-refractivity contribution in [1.82, 2.24) is 0 Å². The first-order valence-corrected chi connectivity index (χ1v) is 6.96. The van der Waals surface area contributed by atoms with E-state index in [0.29, 0.717) is 44.1 Å². The lowest BCUT2D eigenvalue weighted by Crippen LogP contribution is -2.45. The van der Waals surface area contributed by atoms with Crippen LogP contribution in [0.5, 0.6) is 0 Å². The van der Waals surface area contributed by atoms with Gasteiger partial charge in [0.05, 0.1) is 0 Å². The Hall–Kier alpha value is -1.65. The van der Waals surface area contributed by atoms with E-state index in [9.17, 15) is 14.4 Å². The maximum Gasteiger partial charge on any atom is 0.374 e. The lowest BCUT2D eigenvalue weighted by Gasteiger charge is -2.42. The minimum Gasteiger partial charge on any atom is -0.455 e. The second-order valence-electron chi connectivity index (χ2n) is 5.84. The largest absolute Gasteiger partial charge is 0.455 e. The van der Waals surface area contributed by atoms with E-state index in [2.05, 4.69) is 6.58 Å². The minimum absolute atomic E-state index is 0.324. The maximum absolute atomic E-state index is 11.5. The van der Waals surface area contributed by atoms with E-state index in [-0.39, 0.29) is 5.97 Å². The van der Waals surface area contributed by atoms with Crippen LogP contribution in [-0.4, -0.2) is 28.9 Å². The summed E-state index contributed by atoms with van der Waals surface area (Å²) in [6.07, 6.45) is 3.67. The number of hydrogen-bond acceptors (Lipinski definition) is 5. The molecule has 0 radical (unpaired) electrons. The van der Waals surface area contributed by atoms with E-state index in [0.717, 1.165) is 0 Å². The van der Waals surface area contributed by atoms with Crippen molar-refractivity contribution >= 4 is 17.7 Å². The van der Waals surface area contributed by atoms with Crippen molar-refractivity contribution in [1.29, 1.82) is 0 Å². The van der Waals surface area contributed by atoms with Gasteiger partial charge < -0.3 is 9.47 Å². The summed E-state index contributed by atoms with van der Waals surface area (Å²) >= 11 is 0. The first-order valence-electron chi connectivity index (χ1n) is 6.96. The van der Waals surface area contributed by atoms with Crippen LogP contribution in [0.3, 0.4) is 0 Å². The van der Waals surface area contributed by atoms with Gasteiger partial charge in [0.2, 0.25) is 5.78 Å². The highest BCUT2D eigenvalue weighted by Gasteiger charge is 2.50. The van der Waals surface area contributed by atoms with Crippen LogP contribution in [0.15, 0.2) is 12.2 Å². The number of rotatable bonds is 3. The number of carbonyl (C=O) groups excluding carboxylic acids is 3. The maximum atomic E-state index is 11.5. The van der Waals surface area contributed by atoms with Crippen LogP contribution in [0.4, 0.5) is 0 Å². The predicted molar refractivity (Wildman–Crippen MR) is 70.8 cm³/mol. The van der Waals surface area contributed by atoms with Gasteiger partial charge in [-0.25, -0.2) is 9.59 Å². The Labute approximate surface area is 118 Å². The average Bonchev–Trinajstić information content (AvgIpc) is 2.68. The molecule has 20 heavy (non-hydrogen) atoms. The number of ether oxygens (including phenoxy) is 2. The molecule has 1 aliphatic carbocycles. The molecular formula is C15H20O5. The molecule has 2 rings (SSSR count). The summed E-state index contributed by atoms with van der Waals surface area (Å²) in [6.45, 7) is 6.85. The molecule has 2 fully saturated rings. The molecule has 110 valence electrons. The third-order valence-corrected chi connectivity index (χ3v) is 4.45. The molecule has 0 aromatic rings. The zero-order valence-electron chi connectivity index (χ0n) is 12.0. The molecule has 1 heterocycles. The standard InChI is InChI=1S/C15H20O5/c1-4-14(20-13(18)11(3)16)5-7-15(8-6-14)9-10(2)12(17)19-15/h2,4-9H2,1,3H3. The van der Waals surface area contributed by atoms with Crippen molar-refractivity contribution in [2.45, 2.75) is 63.6 Å². The fourth-order valence-electron chi connectivity index (χ4n) is 3.00. The van der Waals surface area contributed by atoms with Crippen LogP contribution in [0.1, 0.15) is 52.4 Å². The van der Waals surface area contributed by atoms with Gasteiger partial charge in [0.1, 0.15) is 11.2 Å². The smallest absolute Gasteiger partial charge is 0.374 e. The number of esters is 2. The van der Waals surface area contributed by atoms with Crippen molar-refractivity contribution in [3.63, 3.8) is 0 Å². The highest BCUT2D eigenvalue weighted by molar-refractivity contribution is 6.32. The average molecular weight is 280 g/mol. The summed E-state index contributed by atoms with van der Waals surface area (Å²) in [5.41, 5.74) is -0.575. The fourth-order valence-corrected chi connectivity index (χ4v) is 3.00. The molecule has 5 nitrogen and oxygen atoms in total. The zero-order valence-corrected chi connectivity index (χ0v) is 12.0. The Morgan fingerprint density at radius 1 is 1.30 bits per heavy atom. The van der Waals surface area contributed by atoms with E-state index < -0.39 is 23.0 Å². The van der Waals surface area contributed by atoms with Gasteiger partial charge in [0.25, 0.3) is 0 Å². The van der Waals surface area contributed by atoms with Gasteiger partial charge in [-0.05, 0) is 32.1 Å². The van der Waals surface area contributed by atoms with Crippen LogP contribution in [0.25, 0.3) is 0 Å². The van der Waals surface area contributed by atoms with Gasteiger partial charge >= 0.3 is 11.9 Å². The van der Waals surface area contributed by atoms with E-state index in [1.165, 1.54) is 6.92 Å². The molecular weight excluding hydrogens is 260 g/mol. The van der Waals surface area contributed by atoms with E-state index in [4.69, 9.17) is 9.47 Å². The highest BCUT2D eigenvalue weighted by Crippen LogP contribution is 2.47. The summed E-state index contributed by atoms with van der Waals surface area (Å²) in [5.74, 6) is -1.69. The van der Waals surface area contributed by atoms with Gasteiger partial charge in [0, 0.05) is 18.9 Å². The van der Waals surface area contributed by atoms with Crippen molar-refractivity contribution < 1.29 is 23.9 Å². The topological polar surface area (TPSA) is 69.7 Å². The molecule has 0 aromatic heterocycles. The second-order valence-corrected chi connectivity index (χ2v) is 5.84. The Morgan fingerprint density at radius 2 is 1.90 bits per heavy atom. The van der Waals surface area contributed by atoms with E-state index in [1.54, 1.807) is 0 Å². The summed E-state index contributed by atoms with van der Waals surface area (Å²) < 4.78 is 10.8. The van der Waals surface area contributed by atoms with Crippen LogP contribution < -0.4 is 0 Å². The Balaban J connectivity index is 2.05.